The van der Waals surface area contributed by atoms with Gasteiger partial charge in [-0.3, -0.25) is 9.59 Å². The third-order valence-corrected chi connectivity index (χ3v) is 3.64. The van der Waals surface area contributed by atoms with Crippen molar-refractivity contribution in [1.29, 1.82) is 0 Å². The first-order valence-corrected chi connectivity index (χ1v) is 8.18. The van der Waals surface area contributed by atoms with Crippen molar-refractivity contribution in [2.24, 2.45) is 0 Å². The Hall–Kier alpha value is -3.74. The van der Waals surface area contributed by atoms with Crippen molar-refractivity contribution >= 4 is 34.7 Å². The zero-order valence-electron chi connectivity index (χ0n) is 14.5. The van der Waals surface area contributed by atoms with Crippen LogP contribution in [0.1, 0.15) is 17.3 Å². The van der Waals surface area contributed by atoms with E-state index in [1.807, 2.05) is 0 Å². The van der Waals surface area contributed by atoms with Gasteiger partial charge in [0, 0.05) is 24.5 Å². The molecule has 1 heterocycles. The summed E-state index contributed by atoms with van der Waals surface area (Å²) in [5, 5.41) is 8.25. The van der Waals surface area contributed by atoms with E-state index in [4.69, 9.17) is 0 Å². The fourth-order valence-electron chi connectivity index (χ4n) is 2.42. The fourth-order valence-corrected chi connectivity index (χ4v) is 2.42. The molecule has 0 saturated heterocycles. The first kappa shape index (κ1) is 18.1. The first-order valence-electron chi connectivity index (χ1n) is 8.18. The summed E-state index contributed by atoms with van der Waals surface area (Å²) in [6.07, 6.45) is 1.52. The number of para-hydroxylation sites is 1. The van der Waals surface area contributed by atoms with Gasteiger partial charge in [-0.25, -0.2) is 9.37 Å². The quantitative estimate of drug-likeness (QED) is 0.634. The summed E-state index contributed by atoms with van der Waals surface area (Å²) in [7, 11) is 0. The lowest BCUT2D eigenvalue weighted by molar-refractivity contribution is -0.114. The van der Waals surface area contributed by atoms with Gasteiger partial charge in [-0.15, -0.1) is 0 Å². The smallest absolute Gasteiger partial charge is 0.259 e. The van der Waals surface area contributed by atoms with Crippen molar-refractivity contribution < 1.29 is 14.0 Å². The van der Waals surface area contributed by atoms with Gasteiger partial charge in [0.1, 0.15) is 11.6 Å². The molecule has 0 bridgehead atoms. The van der Waals surface area contributed by atoms with Gasteiger partial charge >= 0.3 is 0 Å². The van der Waals surface area contributed by atoms with E-state index in [1.165, 1.54) is 19.2 Å². The molecule has 2 amide bonds. The summed E-state index contributed by atoms with van der Waals surface area (Å²) in [5.74, 6) is -0.765. The van der Waals surface area contributed by atoms with Crippen LogP contribution in [0.3, 0.4) is 0 Å². The van der Waals surface area contributed by atoms with E-state index in [9.17, 15) is 14.0 Å². The van der Waals surface area contributed by atoms with E-state index >= 15 is 0 Å². The summed E-state index contributed by atoms with van der Waals surface area (Å²) >= 11 is 0. The second-order valence-electron chi connectivity index (χ2n) is 5.72. The van der Waals surface area contributed by atoms with Crippen molar-refractivity contribution in [2.75, 3.05) is 16.0 Å². The van der Waals surface area contributed by atoms with Crippen molar-refractivity contribution in [2.45, 2.75) is 6.92 Å². The Balaban J connectivity index is 1.77. The van der Waals surface area contributed by atoms with E-state index in [1.54, 1.807) is 54.6 Å². The third kappa shape index (κ3) is 4.66. The lowest BCUT2D eigenvalue weighted by Crippen LogP contribution is -2.15. The molecule has 0 aliphatic heterocycles. The van der Waals surface area contributed by atoms with Gasteiger partial charge in [0.25, 0.3) is 5.91 Å². The molecule has 27 heavy (non-hydrogen) atoms. The van der Waals surface area contributed by atoms with Crippen LogP contribution in [-0.4, -0.2) is 16.8 Å². The second kappa shape index (κ2) is 8.09. The monoisotopic (exact) mass is 364 g/mol. The van der Waals surface area contributed by atoms with Gasteiger partial charge < -0.3 is 16.0 Å². The summed E-state index contributed by atoms with van der Waals surface area (Å²) in [6, 6.07) is 16.1. The third-order valence-electron chi connectivity index (χ3n) is 3.64. The largest absolute Gasteiger partial charge is 0.337 e. The minimum absolute atomic E-state index is 0.175. The first-order chi connectivity index (χ1) is 13.0. The molecule has 2 aromatic carbocycles. The molecule has 6 nitrogen and oxygen atoms in total. The van der Waals surface area contributed by atoms with Crippen LogP contribution in [0, 0.1) is 5.82 Å². The number of benzene rings is 2. The number of halogens is 1. The maximum absolute atomic E-state index is 13.9. The van der Waals surface area contributed by atoms with E-state index in [-0.39, 0.29) is 23.0 Å². The number of nitrogens with one attached hydrogen (secondary N) is 3. The highest BCUT2D eigenvalue weighted by molar-refractivity contribution is 6.07. The molecule has 1 aromatic heterocycles. The Morgan fingerprint density at radius 2 is 1.56 bits per heavy atom. The van der Waals surface area contributed by atoms with Crippen LogP contribution < -0.4 is 16.0 Å². The number of pyridine rings is 1. The van der Waals surface area contributed by atoms with Crippen molar-refractivity contribution in [3.05, 3.63) is 78.2 Å². The highest BCUT2D eigenvalue weighted by atomic mass is 19.1. The Morgan fingerprint density at radius 1 is 0.889 bits per heavy atom. The lowest BCUT2D eigenvalue weighted by atomic mass is 10.2. The predicted molar refractivity (Wildman–Crippen MR) is 103 cm³/mol. The number of anilines is 4. The maximum Gasteiger partial charge on any atom is 0.259 e. The molecule has 7 heteroatoms. The number of hydrogen-bond acceptors (Lipinski definition) is 4. The molecule has 3 rings (SSSR count). The number of carbonyl (C=O) groups is 2. The summed E-state index contributed by atoms with van der Waals surface area (Å²) in [5.41, 5.74) is 1.68. The number of carbonyl (C=O) groups excluding carboxylic acids is 2. The van der Waals surface area contributed by atoms with Gasteiger partial charge in [-0.1, -0.05) is 12.1 Å². The number of amides is 2. The Bertz CT molecular complexity index is 974. The zero-order valence-corrected chi connectivity index (χ0v) is 14.5. The number of rotatable bonds is 5. The number of hydrogen-bond donors (Lipinski definition) is 3. The van der Waals surface area contributed by atoms with Crippen LogP contribution in [0.25, 0.3) is 0 Å². The molecule has 0 unspecified atom stereocenters. The maximum atomic E-state index is 13.9. The Labute approximate surface area is 155 Å². The van der Waals surface area contributed by atoms with E-state index < -0.39 is 11.7 Å². The van der Waals surface area contributed by atoms with E-state index in [2.05, 4.69) is 20.9 Å². The Morgan fingerprint density at radius 3 is 2.22 bits per heavy atom. The predicted octanol–water partition coefficient (Wildman–Crippen LogP) is 4.18. The van der Waals surface area contributed by atoms with Crippen molar-refractivity contribution in [3.63, 3.8) is 0 Å². The molecular weight excluding hydrogens is 347 g/mol. The molecule has 0 fully saturated rings. The topological polar surface area (TPSA) is 83.1 Å². The highest BCUT2D eigenvalue weighted by Gasteiger charge is 2.14. The average molecular weight is 364 g/mol. The van der Waals surface area contributed by atoms with Gasteiger partial charge in [0.05, 0.1) is 11.3 Å². The summed E-state index contributed by atoms with van der Waals surface area (Å²) in [6.45, 7) is 1.42. The molecular formula is C20H17FN4O2. The zero-order chi connectivity index (χ0) is 19.2. The van der Waals surface area contributed by atoms with Gasteiger partial charge in [0.2, 0.25) is 5.91 Å². The minimum Gasteiger partial charge on any atom is -0.337 e. The number of nitrogens with zero attached hydrogens (tertiary/aromatic N) is 1. The van der Waals surface area contributed by atoms with E-state index in [0.29, 0.717) is 11.4 Å². The molecule has 0 aliphatic carbocycles. The highest BCUT2D eigenvalue weighted by Crippen LogP contribution is 2.22. The van der Waals surface area contributed by atoms with E-state index in [0.717, 1.165) is 0 Å². The van der Waals surface area contributed by atoms with Gasteiger partial charge in [-0.05, 0) is 48.5 Å². The molecule has 3 aromatic rings. The van der Waals surface area contributed by atoms with Crippen molar-refractivity contribution in [1.82, 2.24) is 4.98 Å². The second-order valence-corrected chi connectivity index (χ2v) is 5.72. The lowest BCUT2D eigenvalue weighted by Gasteiger charge is -2.12. The molecule has 0 spiro atoms. The van der Waals surface area contributed by atoms with Crippen LogP contribution in [0.5, 0.6) is 0 Å². The molecule has 0 atom stereocenters. The number of aromatic nitrogens is 1. The van der Waals surface area contributed by atoms with Gasteiger partial charge in [0.15, 0.2) is 0 Å². The molecule has 0 aliphatic rings. The van der Waals surface area contributed by atoms with Crippen LogP contribution >= 0.6 is 0 Å². The molecule has 3 N–H and O–H groups in total. The Kier molecular flexibility index (Phi) is 5.41. The molecule has 0 saturated carbocycles. The van der Waals surface area contributed by atoms with Crippen LogP contribution in [-0.2, 0) is 4.79 Å². The standard InChI is InChI=1S/C20H17FN4O2/c1-13(26)23-14-8-10-15(11-9-14)24-20(27)16-5-4-12-22-19(16)25-18-7-3-2-6-17(18)21/h2-12H,1H3,(H,22,25)(H,23,26)(H,24,27). The summed E-state index contributed by atoms with van der Waals surface area (Å²) in [4.78, 5) is 27.8. The van der Waals surface area contributed by atoms with Gasteiger partial charge in [-0.2, -0.15) is 0 Å². The average Bonchev–Trinajstić information content (AvgIpc) is 2.65. The summed E-state index contributed by atoms with van der Waals surface area (Å²) < 4.78 is 13.9. The normalized spacial score (nSPS) is 10.1. The SMILES string of the molecule is CC(=O)Nc1ccc(NC(=O)c2cccnc2Nc2ccccc2F)cc1. The van der Waals surface area contributed by atoms with Crippen LogP contribution in [0.4, 0.5) is 27.3 Å². The molecule has 136 valence electrons. The van der Waals surface area contributed by atoms with Crippen molar-refractivity contribution in [3.8, 4) is 0 Å². The molecule has 0 radical (unpaired) electrons. The fraction of sp³-hybridized carbons (Fsp3) is 0.0500. The van der Waals surface area contributed by atoms with Crippen LogP contribution in [0.2, 0.25) is 0 Å². The minimum atomic E-state index is -0.442. The van der Waals surface area contributed by atoms with Crippen LogP contribution in [0.15, 0.2) is 66.9 Å².